The maximum atomic E-state index is 8.99. The summed E-state index contributed by atoms with van der Waals surface area (Å²) in [5.74, 6) is 0. The summed E-state index contributed by atoms with van der Waals surface area (Å²) in [4.78, 5) is 0. The monoisotopic (exact) mass is 195 g/mol. The van der Waals surface area contributed by atoms with Gasteiger partial charge in [-0.05, 0) is 18.9 Å². The maximum absolute atomic E-state index is 8.99. The molecule has 0 fully saturated rings. The van der Waals surface area contributed by atoms with Crippen molar-refractivity contribution in [3.05, 3.63) is 35.9 Å². The lowest BCUT2D eigenvalue weighted by Crippen LogP contribution is -2.17. The summed E-state index contributed by atoms with van der Waals surface area (Å²) in [6, 6.07) is 10.6. The van der Waals surface area contributed by atoms with Gasteiger partial charge >= 0.3 is 0 Å². The van der Waals surface area contributed by atoms with E-state index in [1.165, 1.54) is 5.56 Å². The van der Waals surface area contributed by atoms with Crippen LogP contribution in [0.25, 0.3) is 0 Å². The van der Waals surface area contributed by atoms with E-state index in [1.807, 2.05) is 25.1 Å². The number of nitrogens with two attached hydrogens (primary N) is 1. The summed E-state index contributed by atoms with van der Waals surface area (Å²) in [6.07, 6.45) is 0.973. The van der Waals surface area contributed by atoms with E-state index in [1.54, 1.807) is 0 Å². The van der Waals surface area contributed by atoms with E-state index in [9.17, 15) is 0 Å². The zero-order valence-electron chi connectivity index (χ0n) is 8.48. The van der Waals surface area contributed by atoms with Crippen LogP contribution in [0.1, 0.15) is 12.5 Å². The fourth-order valence-electron chi connectivity index (χ4n) is 0.986. The van der Waals surface area contributed by atoms with Gasteiger partial charge in [0.1, 0.15) is 13.2 Å². The second kappa shape index (κ2) is 8.69. The van der Waals surface area contributed by atoms with Gasteiger partial charge in [-0.15, -0.1) is 0 Å². The van der Waals surface area contributed by atoms with Crippen LogP contribution in [-0.4, -0.2) is 19.3 Å². The Balaban J connectivity index is 0.000000364. The Kier molecular flexibility index (Phi) is 8.13. The average Bonchev–Trinajstić information content (AvgIpc) is 2.19. The van der Waals surface area contributed by atoms with E-state index in [0.29, 0.717) is 0 Å². The third-order valence-corrected chi connectivity index (χ3v) is 1.48. The van der Waals surface area contributed by atoms with Gasteiger partial charge in [-0.2, -0.15) is 0 Å². The Morgan fingerprint density at radius 3 is 2.00 bits per heavy atom. The fraction of sp³-hybridized carbons (Fsp3) is 0.455. The van der Waals surface area contributed by atoms with Crippen LogP contribution >= 0.6 is 0 Å². The molecule has 1 rings (SSSR count). The molecule has 2 radical (unpaired) electrons. The Morgan fingerprint density at radius 1 is 1.14 bits per heavy atom. The summed E-state index contributed by atoms with van der Waals surface area (Å²) >= 11 is 0. The minimum Gasteiger partial charge on any atom is -0.328 e. The van der Waals surface area contributed by atoms with Crippen molar-refractivity contribution >= 4 is 0 Å². The molecule has 3 heteroatoms. The van der Waals surface area contributed by atoms with Crippen LogP contribution in [0.5, 0.6) is 0 Å². The molecule has 14 heavy (non-hydrogen) atoms. The van der Waals surface area contributed by atoms with E-state index in [-0.39, 0.29) is 6.04 Å². The van der Waals surface area contributed by atoms with E-state index in [4.69, 9.17) is 15.9 Å². The zero-order valence-corrected chi connectivity index (χ0v) is 8.48. The molecule has 0 aliphatic rings. The van der Waals surface area contributed by atoms with Gasteiger partial charge in [-0.1, -0.05) is 30.3 Å². The van der Waals surface area contributed by atoms with E-state index < -0.39 is 13.2 Å². The zero-order chi connectivity index (χ0) is 10.8. The van der Waals surface area contributed by atoms with Gasteiger partial charge in [0.2, 0.25) is 0 Å². The van der Waals surface area contributed by atoms with Gasteiger partial charge in [0, 0.05) is 6.04 Å². The number of rotatable bonds is 3. The molecule has 0 amide bonds. The Labute approximate surface area is 85.2 Å². The highest BCUT2D eigenvalue weighted by atomic mass is 16.3. The normalized spacial score (nSPS) is 11.4. The van der Waals surface area contributed by atoms with Crippen molar-refractivity contribution < 1.29 is 10.2 Å². The molecule has 78 valence electrons. The second-order valence-corrected chi connectivity index (χ2v) is 3.08. The van der Waals surface area contributed by atoms with E-state index in [2.05, 4.69) is 12.1 Å². The molecule has 0 spiro atoms. The molecular formula is C11H17NO2. The van der Waals surface area contributed by atoms with Crippen molar-refractivity contribution in [2.45, 2.75) is 19.4 Å². The molecule has 3 nitrogen and oxygen atoms in total. The molecule has 1 aromatic rings. The van der Waals surface area contributed by atoms with Crippen molar-refractivity contribution in [3.63, 3.8) is 0 Å². The lowest BCUT2D eigenvalue weighted by Gasteiger charge is -2.02. The van der Waals surface area contributed by atoms with E-state index >= 15 is 0 Å². The highest BCUT2D eigenvalue weighted by Crippen LogP contribution is 2.00. The van der Waals surface area contributed by atoms with Crippen molar-refractivity contribution in [1.82, 2.24) is 0 Å². The molecule has 0 saturated carbocycles. The van der Waals surface area contributed by atoms with Gasteiger partial charge in [-0.3, -0.25) is 0 Å². The molecule has 0 bridgehead atoms. The molecule has 0 heterocycles. The topological polar surface area (TPSA) is 65.8 Å². The van der Waals surface area contributed by atoms with Crippen LogP contribution in [0.2, 0.25) is 0 Å². The second-order valence-electron chi connectivity index (χ2n) is 3.08. The first kappa shape index (κ1) is 13.1. The third-order valence-electron chi connectivity index (χ3n) is 1.48. The van der Waals surface area contributed by atoms with Crippen molar-refractivity contribution in [2.75, 3.05) is 13.2 Å². The predicted octanol–water partition coefficient (Wildman–Crippen LogP) is 1.42. The van der Waals surface area contributed by atoms with Crippen molar-refractivity contribution in [1.29, 1.82) is 0 Å². The Morgan fingerprint density at radius 2 is 1.64 bits per heavy atom. The predicted molar refractivity (Wildman–Crippen MR) is 54.9 cm³/mol. The van der Waals surface area contributed by atoms with Gasteiger partial charge in [0.25, 0.3) is 0 Å². The summed E-state index contributed by atoms with van der Waals surface area (Å²) < 4.78 is 0. The lowest BCUT2D eigenvalue weighted by atomic mass is 10.1. The largest absolute Gasteiger partial charge is 0.328 e. The highest BCUT2D eigenvalue weighted by molar-refractivity contribution is 5.15. The van der Waals surface area contributed by atoms with E-state index in [0.717, 1.165) is 6.42 Å². The Hall–Kier alpha value is -0.900. The third kappa shape index (κ3) is 7.73. The van der Waals surface area contributed by atoms with Gasteiger partial charge in [-0.25, -0.2) is 10.2 Å². The SMILES string of the molecule is CC(N)Cc1ccccc1.[O]CC[O]. The van der Waals surface area contributed by atoms with Crippen LogP contribution in [0.15, 0.2) is 30.3 Å². The van der Waals surface area contributed by atoms with Gasteiger partial charge in [0.15, 0.2) is 0 Å². The summed E-state index contributed by atoms with van der Waals surface area (Å²) in [5, 5.41) is 18.0. The molecule has 1 atom stereocenters. The summed E-state index contributed by atoms with van der Waals surface area (Å²) in [5.41, 5.74) is 6.94. The van der Waals surface area contributed by atoms with Crippen LogP contribution in [0.4, 0.5) is 0 Å². The standard InChI is InChI=1S/C9H13N.C2H4O2/c1-8(10)7-9-5-3-2-4-6-9;3-1-2-4/h2-6,8H,7,10H2,1H3;1-2H2. The summed E-state index contributed by atoms with van der Waals surface area (Å²) in [7, 11) is 0. The first-order valence-electron chi connectivity index (χ1n) is 4.66. The fourth-order valence-corrected chi connectivity index (χ4v) is 0.986. The van der Waals surface area contributed by atoms with Gasteiger partial charge in [0.05, 0.1) is 0 Å². The van der Waals surface area contributed by atoms with Crippen LogP contribution in [0.3, 0.4) is 0 Å². The quantitative estimate of drug-likeness (QED) is 0.778. The molecular weight excluding hydrogens is 178 g/mol. The Bertz CT molecular complexity index is 210. The van der Waals surface area contributed by atoms with Crippen LogP contribution < -0.4 is 5.73 Å². The van der Waals surface area contributed by atoms with Crippen LogP contribution in [-0.2, 0) is 16.6 Å². The number of benzene rings is 1. The minimum absolute atomic E-state index is 0.266. The molecule has 1 aromatic carbocycles. The molecule has 1 unspecified atom stereocenters. The summed E-state index contributed by atoms with van der Waals surface area (Å²) in [6.45, 7) is 1.05. The molecule has 0 aliphatic carbocycles. The highest BCUT2D eigenvalue weighted by Gasteiger charge is 1.94. The number of hydrogen-bond donors (Lipinski definition) is 1. The first-order valence-corrected chi connectivity index (χ1v) is 4.66. The smallest absolute Gasteiger partial charge is 0.109 e. The van der Waals surface area contributed by atoms with Crippen molar-refractivity contribution in [2.24, 2.45) is 5.73 Å². The average molecular weight is 195 g/mol. The lowest BCUT2D eigenvalue weighted by molar-refractivity contribution is 0.0866. The van der Waals surface area contributed by atoms with Crippen LogP contribution in [0, 0.1) is 0 Å². The molecule has 0 aromatic heterocycles. The molecule has 0 saturated heterocycles. The minimum atomic E-state index is -0.486. The van der Waals surface area contributed by atoms with Gasteiger partial charge < -0.3 is 5.73 Å². The van der Waals surface area contributed by atoms with Crippen molar-refractivity contribution in [3.8, 4) is 0 Å². The number of hydrogen-bond acceptors (Lipinski definition) is 1. The maximum Gasteiger partial charge on any atom is 0.109 e. The first-order chi connectivity index (χ1) is 6.70. The molecule has 0 aliphatic heterocycles. The molecule has 2 N–H and O–H groups in total.